The number of ether oxygens (including phenoxy) is 1. The van der Waals surface area contributed by atoms with E-state index >= 15 is 0 Å². The van der Waals surface area contributed by atoms with E-state index in [1.807, 2.05) is 30.3 Å². The Bertz CT molecular complexity index is 947. The number of hydrogen-bond acceptors (Lipinski definition) is 4. The van der Waals surface area contributed by atoms with Gasteiger partial charge in [-0.3, -0.25) is 10.1 Å². The number of esters is 1. The summed E-state index contributed by atoms with van der Waals surface area (Å²) in [4.78, 5) is 22.1. The van der Waals surface area contributed by atoms with Crippen LogP contribution in [0.3, 0.4) is 0 Å². The van der Waals surface area contributed by atoms with E-state index in [1.165, 1.54) is 24.3 Å². The zero-order valence-corrected chi connectivity index (χ0v) is 12.6. The number of carbonyl (C=O) groups excluding carboxylic acids is 1. The van der Waals surface area contributed by atoms with Crippen LogP contribution in [0.1, 0.15) is 5.56 Å². The van der Waals surface area contributed by atoms with Gasteiger partial charge in [0.1, 0.15) is 5.75 Å². The molecule has 3 aromatic rings. The molecule has 5 nitrogen and oxygen atoms in total. The number of non-ortho nitro benzene ring substituents is 1. The minimum absolute atomic E-state index is 0.0277. The quantitative estimate of drug-likeness (QED) is 0.235. The molecule has 5 heteroatoms. The molecule has 3 aromatic carbocycles. The van der Waals surface area contributed by atoms with Crippen molar-refractivity contribution in [2.45, 2.75) is 0 Å². The second kappa shape index (κ2) is 6.75. The highest BCUT2D eigenvalue weighted by Crippen LogP contribution is 2.21. The zero-order chi connectivity index (χ0) is 16.9. The number of hydrogen-bond donors (Lipinski definition) is 0. The molecule has 0 spiro atoms. The SMILES string of the molecule is O=C(C=Cc1cccc([N+](=O)[O-])c1)Oc1ccc2ccccc2c1. The summed E-state index contributed by atoms with van der Waals surface area (Å²) in [6, 6.07) is 19.2. The molecule has 0 saturated carbocycles. The fourth-order valence-electron chi connectivity index (χ4n) is 2.29. The molecule has 0 aromatic heterocycles. The lowest BCUT2D eigenvalue weighted by atomic mass is 10.1. The van der Waals surface area contributed by atoms with Crippen molar-refractivity contribution in [3.8, 4) is 5.75 Å². The molecule has 118 valence electrons. The summed E-state index contributed by atoms with van der Waals surface area (Å²) < 4.78 is 5.26. The molecule has 0 radical (unpaired) electrons. The Labute approximate surface area is 138 Å². The van der Waals surface area contributed by atoms with E-state index in [4.69, 9.17) is 4.74 Å². The highest BCUT2D eigenvalue weighted by molar-refractivity contribution is 5.90. The van der Waals surface area contributed by atoms with E-state index in [2.05, 4.69) is 0 Å². The molecule has 24 heavy (non-hydrogen) atoms. The van der Waals surface area contributed by atoms with Crippen molar-refractivity contribution < 1.29 is 14.5 Å². The molecule has 0 aliphatic heterocycles. The van der Waals surface area contributed by atoms with Crippen molar-refractivity contribution >= 4 is 28.5 Å². The normalized spacial score (nSPS) is 10.8. The van der Waals surface area contributed by atoms with Crippen molar-refractivity contribution in [1.82, 2.24) is 0 Å². The minimum Gasteiger partial charge on any atom is -0.423 e. The van der Waals surface area contributed by atoms with Gasteiger partial charge in [-0.1, -0.05) is 42.5 Å². The van der Waals surface area contributed by atoms with Gasteiger partial charge >= 0.3 is 5.97 Å². The van der Waals surface area contributed by atoms with Gasteiger partial charge in [0.2, 0.25) is 0 Å². The predicted molar refractivity (Wildman–Crippen MR) is 91.7 cm³/mol. The minimum atomic E-state index is -0.545. The van der Waals surface area contributed by atoms with Gasteiger partial charge in [-0.25, -0.2) is 4.79 Å². The van der Waals surface area contributed by atoms with Crippen LogP contribution in [0.15, 0.2) is 72.8 Å². The summed E-state index contributed by atoms with van der Waals surface area (Å²) in [6.07, 6.45) is 2.73. The molecule has 0 heterocycles. The standard InChI is InChI=1S/C19H13NO4/c21-19(11-8-14-4-3-7-17(12-14)20(22)23)24-18-10-9-15-5-1-2-6-16(15)13-18/h1-13H. The van der Waals surface area contributed by atoms with Crippen molar-refractivity contribution in [2.24, 2.45) is 0 Å². The summed E-state index contributed by atoms with van der Waals surface area (Å²) in [7, 11) is 0. The Morgan fingerprint density at radius 1 is 0.958 bits per heavy atom. The predicted octanol–water partition coefficient (Wildman–Crippen LogP) is 4.37. The van der Waals surface area contributed by atoms with Crippen molar-refractivity contribution in [2.75, 3.05) is 0 Å². The summed E-state index contributed by atoms with van der Waals surface area (Å²) in [5.74, 6) is -0.0980. The first-order chi connectivity index (χ1) is 11.6. The summed E-state index contributed by atoms with van der Waals surface area (Å²) in [6.45, 7) is 0. The average molecular weight is 319 g/mol. The maximum atomic E-state index is 11.9. The lowest BCUT2D eigenvalue weighted by molar-refractivity contribution is -0.384. The lowest BCUT2D eigenvalue weighted by Gasteiger charge is -2.03. The highest BCUT2D eigenvalue weighted by Gasteiger charge is 2.05. The van der Waals surface area contributed by atoms with Crippen LogP contribution in [0.4, 0.5) is 5.69 Å². The van der Waals surface area contributed by atoms with Gasteiger partial charge in [0.15, 0.2) is 0 Å². The molecule has 0 unspecified atom stereocenters. The Morgan fingerprint density at radius 3 is 2.54 bits per heavy atom. The average Bonchev–Trinajstić information content (AvgIpc) is 2.60. The van der Waals surface area contributed by atoms with Gasteiger partial charge < -0.3 is 4.74 Å². The van der Waals surface area contributed by atoms with Crippen LogP contribution in [-0.4, -0.2) is 10.9 Å². The Kier molecular flexibility index (Phi) is 4.34. The third-order valence-corrected chi connectivity index (χ3v) is 3.43. The van der Waals surface area contributed by atoms with Crippen LogP contribution in [-0.2, 0) is 4.79 Å². The molecule has 3 rings (SSSR count). The Morgan fingerprint density at radius 2 is 1.75 bits per heavy atom. The van der Waals surface area contributed by atoms with Crippen LogP contribution in [0, 0.1) is 10.1 Å². The number of nitro benzene ring substituents is 1. The van der Waals surface area contributed by atoms with Gasteiger partial charge in [-0.05, 0) is 34.5 Å². The third kappa shape index (κ3) is 3.64. The first kappa shape index (κ1) is 15.4. The smallest absolute Gasteiger partial charge is 0.336 e. The Hall–Kier alpha value is -3.47. The number of carbonyl (C=O) groups is 1. The van der Waals surface area contributed by atoms with Gasteiger partial charge in [0.05, 0.1) is 4.92 Å². The summed E-state index contributed by atoms with van der Waals surface area (Å²) in [5, 5.41) is 12.8. The van der Waals surface area contributed by atoms with Crippen LogP contribution in [0.5, 0.6) is 5.75 Å². The molecule has 0 aliphatic rings. The number of benzene rings is 3. The molecule has 0 bridgehead atoms. The molecule has 0 aliphatic carbocycles. The number of fused-ring (bicyclic) bond motifs is 1. The van der Waals surface area contributed by atoms with Crippen molar-refractivity contribution in [3.05, 3.63) is 88.5 Å². The van der Waals surface area contributed by atoms with E-state index in [0.717, 1.165) is 10.8 Å². The van der Waals surface area contributed by atoms with E-state index in [-0.39, 0.29) is 5.69 Å². The van der Waals surface area contributed by atoms with E-state index in [9.17, 15) is 14.9 Å². The lowest BCUT2D eigenvalue weighted by Crippen LogP contribution is -2.03. The van der Waals surface area contributed by atoms with Crippen LogP contribution in [0.25, 0.3) is 16.8 Å². The van der Waals surface area contributed by atoms with Gasteiger partial charge in [0, 0.05) is 18.2 Å². The van der Waals surface area contributed by atoms with Crippen molar-refractivity contribution in [3.63, 3.8) is 0 Å². The van der Waals surface area contributed by atoms with Crippen LogP contribution >= 0.6 is 0 Å². The zero-order valence-electron chi connectivity index (χ0n) is 12.6. The van der Waals surface area contributed by atoms with Gasteiger partial charge in [0.25, 0.3) is 5.69 Å². The monoisotopic (exact) mass is 319 g/mol. The molecule has 0 fully saturated rings. The van der Waals surface area contributed by atoms with E-state index in [1.54, 1.807) is 24.3 Å². The molecule has 0 atom stereocenters. The molecule has 0 saturated heterocycles. The molecular weight excluding hydrogens is 306 g/mol. The molecular formula is C19H13NO4. The van der Waals surface area contributed by atoms with Crippen LogP contribution in [0.2, 0.25) is 0 Å². The van der Waals surface area contributed by atoms with E-state index < -0.39 is 10.9 Å². The maximum absolute atomic E-state index is 11.9. The first-order valence-electron chi connectivity index (χ1n) is 7.25. The number of rotatable bonds is 4. The van der Waals surface area contributed by atoms with Crippen LogP contribution < -0.4 is 4.74 Å². The second-order valence-corrected chi connectivity index (χ2v) is 5.12. The topological polar surface area (TPSA) is 69.4 Å². The number of nitrogens with zero attached hydrogens (tertiary/aromatic N) is 1. The molecule has 0 amide bonds. The van der Waals surface area contributed by atoms with Crippen molar-refractivity contribution in [1.29, 1.82) is 0 Å². The fourth-order valence-corrected chi connectivity index (χ4v) is 2.29. The maximum Gasteiger partial charge on any atom is 0.336 e. The van der Waals surface area contributed by atoms with Gasteiger partial charge in [-0.15, -0.1) is 0 Å². The summed E-state index contributed by atoms with van der Waals surface area (Å²) >= 11 is 0. The van der Waals surface area contributed by atoms with E-state index in [0.29, 0.717) is 11.3 Å². The third-order valence-electron chi connectivity index (χ3n) is 3.43. The largest absolute Gasteiger partial charge is 0.423 e. The van der Waals surface area contributed by atoms with Gasteiger partial charge in [-0.2, -0.15) is 0 Å². The highest BCUT2D eigenvalue weighted by atomic mass is 16.6. The number of nitro groups is 1. The fraction of sp³-hybridized carbons (Fsp3) is 0. The Balaban J connectivity index is 1.72. The summed E-state index contributed by atoms with van der Waals surface area (Å²) in [5.41, 5.74) is 0.528. The second-order valence-electron chi connectivity index (χ2n) is 5.12. The first-order valence-corrected chi connectivity index (χ1v) is 7.25. The molecule has 0 N–H and O–H groups in total.